The fourth-order valence-corrected chi connectivity index (χ4v) is 4.29. The Morgan fingerprint density at radius 3 is 2.62 bits per heavy atom. The zero-order chi connectivity index (χ0) is 15.5. The molecule has 0 N–H and O–H groups in total. The molecule has 2 aromatic rings. The third kappa shape index (κ3) is 1.63. The summed E-state index contributed by atoms with van der Waals surface area (Å²) < 4.78 is 30.9. The second kappa shape index (κ2) is 4.22. The minimum Gasteiger partial charge on any atom is -0.452 e. The van der Waals surface area contributed by atoms with Gasteiger partial charge in [0.15, 0.2) is 0 Å². The van der Waals surface area contributed by atoms with Crippen molar-refractivity contribution in [2.45, 2.75) is 4.90 Å². The number of ether oxygens (including phenoxy) is 1. The van der Waals surface area contributed by atoms with Crippen molar-refractivity contribution in [1.82, 2.24) is 8.87 Å². The molecule has 1 aromatic carbocycles. The Hall–Kier alpha value is -2.06. The van der Waals surface area contributed by atoms with Crippen LogP contribution in [0.15, 0.2) is 23.1 Å². The predicted molar refractivity (Wildman–Crippen MR) is 73.7 cm³/mol. The Kier molecular flexibility index (Phi) is 2.79. The number of rotatable bonds is 0. The van der Waals surface area contributed by atoms with Crippen molar-refractivity contribution in [2.24, 2.45) is 7.05 Å². The van der Waals surface area contributed by atoms with Crippen LogP contribution in [0, 0.1) is 0 Å². The Labute approximate surface area is 124 Å². The molecule has 0 saturated carbocycles. The van der Waals surface area contributed by atoms with E-state index in [0.717, 1.165) is 7.11 Å². The van der Waals surface area contributed by atoms with Gasteiger partial charge >= 0.3 is 6.09 Å². The molecule has 0 bridgehead atoms. The maximum absolute atomic E-state index is 12.5. The molecule has 21 heavy (non-hydrogen) atoms. The summed E-state index contributed by atoms with van der Waals surface area (Å²) in [5.41, 5.74) is 0.448. The number of carbonyl (C=O) groups excluding carboxylic acids is 2. The van der Waals surface area contributed by atoms with Crippen LogP contribution in [0.3, 0.4) is 0 Å². The fraction of sp³-hybridized carbons (Fsp3) is 0.167. The summed E-state index contributed by atoms with van der Waals surface area (Å²) in [5.74, 6) is -0.938. The van der Waals surface area contributed by atoms with Gasteiger partial charge in [-0.2, -0.15) is 0 Å². The Balaban J connectivity index is 2.43. The standard InChI is InChI=1S/C12H9ClN2O5S/c1-14-8-4-3-6(13)5-7(8)10-9(14)11(16)15(12(17)20-2)21(10,18)19/h3-5H,1-2H3. The van der Waals surface area contributed by atoms with E-state index in [1.165, 1.54) is 10.6 Å². The number of aryl methyl sites for hydroxylation is 1. The average Bonchev–Trinajstić information content (AvgIpc) is 2.82. The van der Waals surface area contributed by atoms with E-state index in [1.807, 2.05) is 0 Å². The number of hydrogen-bond donors (Lipinski definition) is 0. The van der Waals surface area contributed by atoms with Gasteiger partial charge in [0.1, 0.15) is 10.6 Å². The number of methoxy groups -OCH3 is 1. The third-order valence-corrected chi connectivity index (χ3v) is 5.30. The maximum atomic E-state index is 12.5. The van der Waals surface area contributed by atoms with E-state index in [2.05, 4.69) is 4.74 Å². The predicted octanol–water partition coefficient (Wildman–Crippen LogP) is 1.74. The molecular formula is C12H9ClN2O5S. The molecule has 1 aliphatic rings. The molecule has 0 spiro atoms. The van der Waals surface area contributed by atoms with E-state index in [9.17, 15) is 18.0 Å². The molecule has 0 saturated heterocycles. The highest BCUT2D eigenvalue weighted by Gasteiger charge is 2.49. The summed E-state index contributed by atoms with van der Waals surface area (Å²) in [7, 11) is -1.75. The molecule has 110 valence electrons. The van der Waals surface area contributed by atoms with E-state index in [0.29, 0.717) is 15.9 Å². The van der Waals surface area contributed by atoms with Crippen LogP contribution in [0.1, 0.15) is 10.5 Å². The van der Waals surface area contributed by atoms with Gasteiger partial charge in [-0.3, -0.25) is 4.79 Å². The number of halogens is 1. The first-order valence-electron chi connectivity index (χ1n) is 5.76. The quantitative estimate of drug-likeness (QED) is 0.735. The number of nitrogens with zero attached hydrogens (tertiary/aromatic N) is 2. The van der Waals surface area contributed by atoms with Gasteiger partial charge < -0.3 is 9.30 Å². The number of imide groups is 1. The average molecular weight is 329 g/mol. The minimum absolute atomic E-state index is 0.0855. The first-order valence-corrected chi connectivity index (χ1v) is 7.58. The van der Waals surface area contributed by atoms with Gasteiger partial charge in [0, 0.05) is 23.0 Å². The Bertz CT molecular complexity index is 915. The van der Waals surface area contributed by atoms with Gasteiger partial charge in [-0.25, -0.2) is 13.2 Å². The van der Waals surface area contributed by atoms with Crippen molar-refractivity contribution in [2.75, 3.05) is 7.11 Å². The van der Waals surface area contributed by atoms with Crippen LogP contribution in [-0.4, -0.2) is 36.4 Å². The van der Waals surface area contributed by atoms with Gasteiger partial charge in [-0.1, -0.05) is 11.6 Å². The lowest BCUT2D eigenvalue weighted by Crippen LogP contribution is -2.36. The Morgan fingerprint density at radius 2 is 2.00 bits per heavy atom. The number of aromatic nitrogens is 1. The van der Waals surface area contributed by atoms with E-state index < -0.39 is 22.0 Å². The van der Waals surface area contributed by atoms with Gasteiger partial charge in [0.25, 0.3) is 15.9 Å². The first kappa shape index (κ1) is 13.9. The fourth-order valence-electron chi connectivity index (χ4n) is 2.45. The number of fused-ring (bicyclic) bond motifs is 3. The summed E-state index contributed by atoms with van der Waals surface area (Å²) in [5, 5.41) is 0.620. The summed E-state index contributed by atoms with van der Waals surface area (Å²) >= 11 is 5.89. The largest absolute Gasteiger partial charge is 0.452 e. The Morgan fingerprint density at radius 1 is 1.33 bits per heavy atom. The summed E-state index contributed by atoms with van der Waals surface area (Å²) in [6.45, 7) is 0. The molecule has 2 amide bonds. The van der Waals surface area contributed by atoms with Crippen LogP contribution in [0.5, 0.6) is 0 Å². The lowest BCUT2D eigenvalue weighted by Gasteiger charge is -2.12. The molecule has 0 radical (unpaired) electrons. The normalized spacial score (nSPS) is 16.3. The molecule has 1 aliphatic heterocycles. The van der Waals surface area contributed by atoms with E-state index in [1.54, 1.807) is 19.2 Å². The van der Waals surface area contributed by atoms with Crippen molar-refractivity contribution in [3.63, 3.8) is 0 Å². The highest BCUT2D eigenvalue weighted by Crippen LogP contribution is 2.39. The van der Waals surface area contributed by atoms with Crippen molar-refractivity contribution in [3.8, 4) is 0 Å². The zero-order valence-corrected chi connectivity index (χ0v) is 12.5. The summed E-state index contributed by atoms with van der Waals surface area (Å²) in [6.07, 6.45) is -1.24. The maximum Gasteiger partial charge on any atom is 0.431 e. The summed E-state index contributed by atoms with van der Waals surface area (Å²) in [4.78, 5) is 23.6. The molecule has 3 rings (SSSR count). The van der Waals surface area contributed by atoms with Crippen molar-refractivity contribution in [1.29, 1.82) is 0 Å². The first-order chi connectivity index (χ1) is 9.80. The van der Waals surface area contributed by atoms with Crippen molar-refractivity contribution < 1.29 is 22.7 Å². The molecule has 1 aromatic heterocycles. The number of benzene rings is 1. The van der Waals surface area contributed by atoms with E-state index in [-0.39, 0.29) is 14.9 Å². The molecule has 9 heteroatoms. The van der Waals surface area contributed by atoms with Crippen LogP contribution in [0.4, 0.5) is 4.79 Å². The van der Waals surface area contributed by atoms with Crippen LogP contribution in [0.2, 0.25) is 5.02 Å². The minimum atomic E-state index is -4.30. The zero-order valence-electron chi connectivity index (χ0n) is 11.0. The highest BCUT2D eigenvalue weighted by molar-refractivity contribution is 7.91. The molecular weight excluding hydrogens is 320 g/mol. The van der Waals surface area contributed by atoms with Gasteiger partial charge in [0.2, 0.25) is 0 Å². The van der Waals surface area contributed by atoms with Crippen molar-refractivity contribution >= 4 is 44.5 Å². The number of sulfonamides is 1. The number of amides is 2. The molecule has 7 nitrogen and oxygen atoms in total. The highest BCUT2D eigenvalue weighted by atomic mass is 35.5. The topological polar surface area (TPSA) is 85.7 Å². The monoisotopic (exact) mass is 328 g/mol. The van der Waals surface area contributed by atoms with Gasteiger partial charge in [0.05, 0.1) is 7.11 Å². The van der Waals surface area contributed by atoms with Crippen LogP contribution in [-0.2, 0) is 21.8 Å². The number of carbonyl (C=O) groups is 2. The molecule has 0 unspecified atom stereocenters. The van der Waals surface area contributed by atoms with Crippen LogP contribution < -0.4 is 0 Å². The smallest absolute Gasteiger partial charge is 0.431 e. The molecule has 0 fully saturated rings. The lowest BCUT2D eigenvalue weighted by molar-refractivity contribution is 0.0831. The van der Waals surface area contributed by atoms with Crippen LogP contribution >= 0.6 is 11.6 Å². The number of hydrogen-bond acceptors (Lipinski definition) is 5. The van der Waals surface area contributed by atoms with Gasteiger partial charge in [-0.05, 0) is 18.2 Å². The molecule has 0 atom stereocenters. The molecule has 0 aliphatic carbocycles. The summed E-state index contributed by atoms with van der Waals surface area (Å²) in [6, 6.07) is 4.65. The van der Waals surface area contributed by atoms with E-state index >= 15 is 0 Å². The van der Waals surface area contributed by atoms with Crippen molar-refractivity contribution in [3.05, 3.63) is 28.9 Å². The molecule has 2 heterocycles. The second-order valence-electron chi connectivity index (χ2n) is 4.44. The van der Waals surface area contributed by atoms with Gasteiger partial charge in [-0.15, -0.1) is 4.31 Å². The van der Waals surface area contributed by atoms with E-state index in [4.69, 9.17) is 11.6 Å². The van der Waals surface area contributed by atoms with Crippen LogP contribution in [0.25, 0.3) is 10.9 Å². The third-order valence-electron chi connectivity index (χ3n) is 3.34. The SMILES string of the molecule is COC(=O)N1C(=O)c2c(c3cc(Cl)ccc3n2C)S1(=O)=O. The second-order valence-corrected chi connectivity index (χ2v) is 6.60. The lowest BCUT2D eigenvalue weighted by atomic mass is 10.2.